The van der Waals surface area contributed by atoms with Gasteiger partial charge in [-0.3, -0.25) is 4.79 Å². The second kappa shape index (κ2) is 6.66. The fourth-order valence-corrected chi connectivity index (χ4v) is 4.16. The number of rotatable bonds is 3. The molecule has 0 spiro atoms. The molecule has 8 heteroatoms. The molecule has 2 N–H and O–H groups in total. The average Bonchev–Trinajstić information content (AvgIpc) is 2.55. The summed E-state index contributed by atoms with van der Waals surface area (Å²) in [5, 5.41) is 5.88. The van der Waals surface area contributed by atoms with Crippen LogP contribution in [0.25, 0.3) is 0 Å². The Morgan fingerprint density at radius 1 is 1.17 bits per heavy atom. The summed E-state index contributed by atoms with van der Waals surface area (Å²) in [6.07, 6.45) is 0. The molecule has 0 saturated carbocycles. The van der Waals surface area contributed by atoms with Crippen molar-refractivity contribution < 1.29 is 13.2 Å². The Kier molecular flexibility index (Phi) is 4.59. The summed E-state index contributed by atoms with van der Waals surface area (Å²) in [4.78, 5) is 12.1. The van der Waals surface area contributed by atoms with Crippen molar-refractivity contribution >= 4 is 44.2 Å². The first-order chi connectivity index (χ1) is 11.4. The number of carbonyl (C=O) groups excluding carboxylic acids is 1. The molecule has 2 aromatic carbocycles. The number of amidine groups is 1. The monoisotopic (exact) mass is 361 g/mol. The maximum absolute atomic E-state index is 12.1. The van der Waals surface area contributed by atoms with Gasteiger partial charge in [0.05, 0.1) is 11.4 Å². The number of hydrogen-bond acceptors (Lipinski definition) is 5. The third-order valence-corrected chi connectivity index (χ3v) is 5.61. The maximum atomic E-state index is 12.1. The van der Waals surface area contributed by atoms with Crippen LogP contribution in [0.15, 0.2) is 57.8 Å². The Balaban J connectivity index is 1.64. The molecule has 0 bridgehead atoms. The van der Waals surface area contributed by atoms with Crippen LogP contribution in [0.5, 0.6) is 0 Å². The number of anilines is 2. The quantitative estimate of drug-likeness (QED) is 0.878. The normalized spacial score (nSPS) is 15.0. The van der Waals surface area contributed by atoms with E-state index >= 15 is 0 Å². The van der Waals surface area contributed by atoms with Gasteiger partial charge in [-0.2, -0.15) is 8.42 Å². The summed E-state index contributed by atoms with van der Waals surface area (Å²) in [5.74, 6) is -0.179. The molecule has 0 saturated heterocycles. The third-order valence-electron chi connectivity index (χ3n) is 3.28. The van der Waals surface area contributed by atoms with Crippen LogP contribution in [0.2, 0.25) is 0 Å². The number of hydrogen-bond donors (Lipinski definition) is 2. The van der Waals surface area contributed by atoms with Crippen molar-refractivity contribution in [1.82, 2.24) is 0 Å². The van der Waals surface area contributed by atoms with Crippen LogP contribution in [-0.4, -0.2) is 25.2 Å². The summed E-state index contributed by atoms with van der Waals surface area (Å²) in [5.41, 5.74) is 2.27. The Labute approximate surface area is 144 Å². The van der Waals surface area contributed by atoms with Gasteiger partial charge < -0.3 is 10.6 Å². The summed E-state index contributed by atoms with van der Waals surface area (Å²) < 4.78 is 27.9. The molecule has 2 aromatic rings. The first-order valence-corrected chi connectivity index (χ1v) is 9.57. The number of benzene rings is 2. The van der Waals surface area contributed by atoms with Gasteiger partial charge in [-0.1, -0.05) is 41.6 Å². The Bertz CT molecular complexity index is 906. The minimum Gasteiger partial charge on any atom is -0.333 e. The Morgan fingerprint density at radius 2 is 1.88 bits per heavy atom. The van der Waals surface area contributed by atoms with E-state index < -0.39 is 10.0 Å². The zero-order valence-electron chi connectivity index (χ0n) is 12.8. The lowest BCUT2D eigenvalue weighted by Gasteiger charge is -2.17. The van der Waals surface area contributed by atoms with E-state index in [9.17, 15) is 13.2 Å². The lowest BCUT2D eigenvalue weighted by atomic mass is 10.2. The molecule has 0 unspecified atom stereocenters. The summed E-state index contributed by atoms with van der Waals surface area (Å²) in [6.45, 7) is 1.96. The van der Waals surface area contributed by atoms with Crippen LogP contribution >= 0.6 is 11.8 Å². The van der Waals surface area contributed by atoms with Gasteiger partial charge in [0.1, 0.15) is 4.90 Å². The number of sulfonamides is 1. The standard InChI is InChI=1S/C16H15N3O3S2/c1-11-6-8-12(9-7-11)17-15(20)10-23-16-18-13-4-2-3-5-14(13)24(21,22)19-16/h2-9H,10H2,1H3,(H,17,20)(H,18,19). The number of nitrogens with zero attached hydrogens (tertiary/aromatic N) is 1. The summed E-state index contributed by atoms with van der Waals surface area (Å²) in [6, 6.07) is 14.0. The van der Waals surface area contributed by atoms with Gasteiger partial charge in [0.15, 0.2) is 5.17 Å². The van der Waals surface area contributed by atoms with E-state index in [-0.39, 0.29) is 21.7 Å². The SMILES string of the molecule is Cc1ccc(NC(=O)CSC2=NS(=O)(=O)c3ccccc3N2)cc1. The fourth-order valence-electron chi connectivity index (χ4n) is 2.12. The van der Waals surface area contributed by atoms with Crippen LogP contribution in [-0.2, 0) is 14.8 Å². The molecule has 3 rings (SSSR count). The number of nitrogens with one attached hydrogen (secondary N) is 2. The van der Waals surface area contributed by atoms with Gasteiger partial charge in [-0.15, -0.1) is 4.40 Å². The van der Waals surface area contributed by atoms with Crippen molar-refractivity contribution in [2.75, 3.05) is 16.4 Å². The molecule has 124 valence electrons. The number of fused-ring (bicyclic) bond motifs is 1. The van der Waals surface area contributed by atoms with Crippen molar-refractivity contribution in [2.45, 2.75) is 11.8 Å². The van der Waals surface area contributed by atoms with Crippen LogP contribution in [0.1, 0.15) is 5.56 Å². The molecular weight excluding hydrogens is 346 g/mol. The summed E-state index contributed by atoms with van der Waals surface area (Å²) in [7, 11) is -3.73. The minimum atomic E-state index is -3.73. The first kappa shape index (κ1) is 16.5. The van der Waals surface area contributed by atoms with E-state index in [1.54, 1.807) is 18.2 Å². The topological polar surface area (TPSA) is 87.6 Å². The van der Waals surface area contributed by atoms with Crippen LogP contribution in [0.3, 0.4) is 0 Å². The highest BCUT2D eigenvalue weighted by atomic mass is 32.2. The molecule has 0 aromatic heterocycles. The molecule has 0 aliphatic carbocycles. The molecule has 0 radical (unpaired) electrons. The highest BCUT2D eigenvalue weighted by Crippen LogP contribution is 2.28. The number of amides is 1. The van der Waals surface area contributed by atoms with E-state index in [4.69, 9.17) is 0 Å². The first-order valence-electron chi connectivity index (χ1n) is 7.14. The Hall–Kier alpha value is -2.32. The molecule has 24 heavy (non-hydrogen) atoms. The van der Waals surface area contributed by atoms with Gasteiger partial charge in [-0.05, 0) is 31.2 Å². The lowest BCUT2D eigenvalue weighted by Crippen LogP contribution is -2.22. The van der Waals surface area contributed by atoms with E-state index in [1.165, 1.54) is 6.07 Å². The fraction of sp³-hybridized carbons (Fsp3) is 0.125. The van der Waals surface area contributed by atoms with E-state index in [0.717, 1.165) is 17.3 Å². The molecule has 0 fully saturated rings. The smallest absolute Gasteiger partial charge is 0.286 e. The van der Waals surface area contributed by atoms with Crippen LogP contribution < -0.4 is 10.6 Å². The second-order valence-electron chi connectivity index (χ2n) is 5.20. The molecule has 1 heterocycles. The highest BCUT2D eigenvalue weighted by molar-refractivity contribution is 8.15. The van der Waals surface area contributed by atoms with E-state index in [2.05, 4.69) is 15.0 Å². The van der Waals surface area contributed by atoms with Gasteiger partial charge in [0, 0.05) is 5.69 Å². The van der Waals surface area contributed by atoms with Gasteiger partial charge >= 0.3 is 0 Å². The number of aryl methyl sites for hydroxylation is 1. The second-order valence-corrected chi connectivity index (χ2v) is 7.73. The van der Waals surface area contributed by atoms with E-state index in [0.29, 0.717) is 11.4 Å². The van der Waals surface area contributed by atoms with Gasteiger partial charge in [-0.25, -0.2) is 0 Å². The van der Waals surface area contributed by atoms with Crippen LogP contribution in [0.4, 0.5) is 11.4 Å². The predicted molar refractivity (Wildman–Crippen MR) is 97.0 cm³/mol. The van der Waals surface area contributed by atoms with Crippen molar-refractivity contribution in [2.24, 2.45) is 4.40 Å². The average molecular weight is 361 g/mol. The lowest BCUT2D eigenvalue weighted by molar-refractivity contribution is -0.113. The number of para-hydroxylation sites is 1. The third kappa shape index (κ3) is 3.77. The predicted octanol–water partition coefficient (Wildman–Crippen LogP) is 2.84. The Morgan fingerprint density at radius 3 is 2.62 bits per heavy atom. The number of carbonyl (C=O) groups is 1. The minimum absolute atomic E-state index is 0.0530. The van der Waals surface area contributed by atoms with E-state index in [1.807, 2.05) is 31.2 Å². The maximum Gasteiger partial charge on any atom is 0.286 e. The molecular formula is C16H15N3O3S2. The van der Waals surface area contributed by atoms with Crippen molar-refractivity contribution in [3.05, 3.63) is 54.1 Å². The summed E-state index contributed by atoms with van der Waals surface area (Å²) >= 11 is 1.04. The molecule has 1 aliphatic heterocycles. The zero-order valence-corrected chi connectivity index (χ0v) is 14.4. The van der Waals surface area contributed by atoms with Gasteiger partial charge in [0.25, 0.3) is 10.0 Å². The van der Waals surface area contributed by atoms with Crippen molar-refractivity contribution in [3.63, 3.8) is 0 Å². The number of thioether (sulfide) groups is 1. The van der Waals surface area contributed by atoms with Crippen LogP contribution in [0, 0.1) is 6.92 Å². The van der Waals surface area contributed by atoms with Crippen molar-refractivity contribution in [1.29, 1.82) is 0 Å². The molecule has 1 amide bonds. The molecule has 1 aliphatic rings. The van der Waals surface area contributed by atoms with Crippen molar-refractivity contribution in [3.8, 4) is 0 Å². The zero-order chi connectivity index (χ0) is 17.2. The molecule has 0 atom stereocenters. The molecule has 6 nitrogen and oxygen atoms in total. The van der Waals surface area contributed by atoms with Gasteiger partial charge in [0.2, 0.25) is 5.91 Å². The highest BCUT2D eigenvalue weighted by Gasteiger charge is 2.24. The largest absolute Gasteiger partial charge is 0.333 e.